The number of nitrogens with zero attached hydrogens (tertiary/aromatic N) is 2. The molecule has 0 atom stereocenters. The summed E-state index contributed by atoms with van der Waals surface area (Å²) in [5.41, 5.74) is 3.71. The van der Waals surface area contributed by atoms with Crippen LogP contribution in [0.3, 0.4) is 0 Å². The summed E-state index contributed by atoms with van der Waals surface area (Å²) >= 11 is 0. The summed E-state index contributed by atoms with van der Waals surface area (Å²) < 4.78 is 30.0. The highest BCUT2D eigenvalue weighted by Gasteiger charge is 2.21. The number of aliphatic imine (C=N–C) groups is 1. The van der Waals surface area contributed by atoms with E-state index in [-0.39, 0.29) is 17.4 Å². The predicted octanol–water partition coefficient (Wildman–Crippen LogP) is 3.91. The van der Waals surface area contributed by atoms with Crippen LogP contribution in [0.15, 0.2) is 76.6 Å². The van der Waals surface area contributed by atoms with E-state index in [1.165, 1.54) is 19.2 Å². The standard InChI is InChI=1S/C28H30N4O6S/c1-18-16-23-24(17-22(18)28(34)37-4)30-27(33)25(23)26(19-8-6-5-7-9-19)29-20-10-12-21(13-11-20)39(35,36)31-38-15-14-32(2)3/h5-13,16-17,30-31,33H,14-15H2,1-4H3. The van der Waals surface area contributed by atoms with Crippen LogP contribution in [-0.4, -0.2) is 69.4 Å². The number of aromatic nitrogens is 1. The van der Waals surface area contributed by atoms with Gasteiger partial charge in [-0.15, -0.1) is 0 Å². The number of fused-ring (bicyclic) bond motifs is 1. The second-order valence-electron chi connectivity index (χ2n) is 9.11. The summed E-state index contributed by atoms with van der Waals surface area (Å²) in [6.07, 6.45) is 0. The van der Waals surface area contributed by atoms with Gasteiger partial charge in [0, 0.05) is 23.0 Å². The molecule has 0 bridgehead atoms. The van der Waals surface area contributed by atoms with E-state index in [1.54, 1.807) is 31.2 Å². The fourth-order valence-corrected chi connectivity index (χ4v) is 4.82. The molecule has 0 spiro atoms. The SMILES string of the molecule is COC(=O)c1cc2[nH]c(O)c(C(=Nc3ccc(S(=O)(=O)NOCCN(C)C)cc3)c3ccccc3)c2cc1C. The molecule has 1 heterocycles. The zero-order valence-electron chi connectivity index (χ0n) is 22.1. The van der Waals surface area contributed by atoms with Gasteiger partial charge in [-0.05, 0) is 63.0 Å². The molecule has 1 aromatic heterocycles. The van der Waals surface area contributed by atoms with Gasteiger partial charge in [0.15, 0.2) is 5.88 Å². The van der Waals surface area contributed by atoms with E-state index in [4.69, 9.17) is 14.6 Å². The fourth-order valence-electron chi connectivity index (χ4n) is 3.99. The number of H-pyrrole nitrogens is 1. The first-order chi connectivity index (χ1) is 18.6. The monoisotopic (exact) mass is 550 g/mol. The molecule has 11 heteroatoms. The molecule has 0 radical (unpaired) electrons. The van der Waals surface area contributed by atoms with Crippen molar-refractivity contribution >= 4 is 38.3 Å². The Labute approximate surface area is 226 Å². The summed E-state index contributed by atoms with van der Waals surface area (Å²) in [5.74, 6) is -0.595. The number of ether oxygens (including phenoxy) is 1. The van der Waals surface area contributed by atoms with Crippen LogP contribution in [0.1, 0.15) is 27.0 Å². The van der Waals surface area contributed by atoms with Crippen LogP contribution in [0.25, 0.3) is 10.9 Å². The van der Waals surface area contributed by atoms with Gasteiger partial charge in [-0.1, -0.05) is 35.2 Å². The van der Waals surface area contributed by atoms with Crippen LogP contribution in [0, 0.1) is 6.92 Å². The Kier molecular flexibility index (Phi) is 8.46. The minimum absolute atomic E-state index is 0.0217. The quantitative estimate of drug-likeness (QED) is 0.118. The molecule has 0 aliphatic rings. The number of sulfonamides is 1. The molecule has 4 aromatic rings. The smallest absolute Gasteiger partial charge is 0.338 e. The third kappa shape index (κ3) is 6.35. The average molecular weight is 551 g/mol. The van der Waals surface area contributed by atoms with E-state index >= 15 is 0 Å². The van der Waals surface area contributed by atoms with Gasteiger partial charge < -0.3 is 19.7 Å². The molecule has 0 saturated heterocycles. The Morgan fingerprint density at radius 2 is 1.77 bits per heavy atom. The molecular formula is C28H30N4O6S. The molecule has 0 aliphatic carbocycles. The number of rotatable bonds is 10. The van der Waals surface area contributed by atoms with Gasteiger partial charge >= 0.3 is 5.97 Å². The number of esters is 1. The number of aryl methyl sites for hydroxylation is 1. The van der Waals surface area contributed by atoms with Crippen molar-refractivity contribution in [1.82, 2.24) is 14.8 Å². The molecule has 204 valence electrons. The average Bonchev–Trinajstić information content (AvgIpc) is 3.23. The number of hydrogen-bond acceptors (Lipinski definition) is 8. The van der Waals surface area contributed by atoms with Crippen LogP contribution in [0.4, 0.5) is 5.69 Å². The minimum atomic E-state index is -3.87. The van der Waals surface area contributed by atoms with Crippen LogP contribution in [0.5, 0.6) is 5.88 Å². The summed E-state index contributed by atoms with van der Waals surface area (Å²) in [7, 11) is 1.16. The van der Waals surface area contributed by atoms with Crippen molar-refractivity contribution in [3.05, 3.63) is 89.0 Å². The van der Waals surface area contributed by atoms with Gasteiger partial charge in [-0.2, -0.15) is 0 Å². The Hall–Kier alpha value is -4.03. The highest BCUT2D eigenvalue weighted by Crippen LogP contribution is 2.33. The predicted molar refractivity (Wildman–Crippen MR) is 149 cm³/mol. The lowest BCUT2D eigenvalue weighted by Crippen LogP contribution is -2.28. The van der Waals surface area contributed by atoms with Gasteiger partial charge in [-0.3, -0.25) is 4.84 Å². The third-order valence-corrected chi connectivity index (χ3v) is 7.24. The molecule has 4 rings (SSSR count). The zero-order valence-corrected chi connectivity index (χ0v) is 22.9. The molecular weight excluding hydrogens is 520 g/mol. The van der Waals surface area contributed by atoms with Crippen LogP contribution in [-0.2, 0) is 19.6 Å². The number of carbonyl (C=O) groups excluding carboxylic acids is 1. The van der Waals surface area contributed by atoms with Crippen LogP contribution >= 0.6 is 0 Å². The maximum Gasteiger partial charge on any atom is 0.338 e. The van der Waals surface area contributed by atoms with Crippen molar-refractivity contribution < 1.29 is 27.9 Å². The number of carbonyl (C=O) groups is 1. The number of aromatic amines is 1. The number of likely N-dealkylation sites (N-methyl/N-ethyl adjacent to an activating group) is 1. The third-order valence-electron chi connectivity index (χ3n) is 6.01. The van der Waals surface area contributed by atoms with E-state index in [0.29, 0.717) is 45.5 Å². The topological polar surface area (TPSA) is 133 Å². The largest absolute Gasteiger partial charge is 0.494 e. The van der Waals surface area contributed by atoms with Crippen molar-refractivity contribution in [2.75, 3.05) is 34.4 Å². The number of aromatic hydroxyl groups is 1. The molecule has 10 nitrogen and oxygen atoms in total. The maximum absolute atomic E-state index is 12.6. The highest BCUT2D eigenvalue weighted by atomic mass is 32.2. The lowest BCUT2D eigenvalue weighted by molar-refractivity contribution is 0.0600. The summed E-state index contributed by atoms with van der Waals surface area (Å²) in [6.45, 7) is 2.54. The lowest BCUT2D eigenvalue weighted by Gasteiger charge is -2.11. The number of benzene rings is 3. The van der Waals surface area contributed by atoms with Gasteiger partial charge in [0.05, 0.1) is 41.1 Å². The molecule has 3 N–H and O–H groups in total. The second-order valence-corrected chi connectivity index (χ2v) is 10.8. The first-order valence-corrected chi connectivity index (χ1v) is 13.6. The van der Waals surface area contributed by atoms with Gasteiger partial charge in [0.2, 0.25) is 0 Å². The lowest BCUT2D eigenvalue weighted by atomic mass is 9.98. The van der Waals surface area contributed by atoms with Crippen LogP contribution < -0.4 is 4.89 Å². The minimum Gasteiger partial charge on any atom is -0.494 e. The first-order valence-electron chi connectivity index (χ1n) is 12.1. The Morgan fingerprint density at radius 1 is 1.08 bits per heavy atom. The van der Waals surface area contributed by atoms with Crippen molar-refractivity contribution in [3.8, 4) is 5.88 Å². The van der Waals surface area contributed by atoms with E-state index < -0.39 is 16.0 Å². The normalized spacial score (nSPS) is 12.3. The van der Waals surface area contributed by atoms with Crippen molar-refractivity contribution in [2.24, 2.45) is 4.99 Å². The summed E-state index contributed by atoms with van der Waals surface area (Å²) in [5, 5.41) is 11.6. The van der Waals surface area contributed by atoms with E-state index in [9.17, 15) is 18.3 Å². The fraction of sp³-hybridized carbons (Fsp3) is 0.214. The van der Waals surface area contributed by atoms with Crippen LogP contribution in [0.2, 0.25) is 0 Å². The maximum atomic E-state index is 12.6. The molecule has 0 fully saturated rings. The Bertz CT molecular complexity index is 1610. The number of nitrogens with one attached hydrogen (secondary N) is 2. The highest BCUT2D eigenvalue weighted by molar-refractivity contribution is 7.89. The second kappa shape index (κ2) is 11.8. The van der Waals surface area contributed by atoms with Gasteiger partial charge in [0.25, 0.3) is 10.0 Å². The van der Waals surface area contributed by atoms with Gasteiger partial charge in [-0.25, -0.2) is 18.2 Å². The first kappa shape index (κ1) is 28.0. The molecule has 0 unspecified atom stereocenters. The van der Waals surface area contributed by atoms with E-state index in [1.807, 2.05) is 49.3 Å². The molecule has 0 saturated carbocycles. The molecule has 0 aliphatic heterocycles. The molecule has 3 aromatic carbocycles. The Morgan fingerprint density at radius 3 is 2.41 bits per heavy atom. The number of methoxy groups -OCH3 is 1. The summed E-state index contributed by atoms with van der Waals surface area (Å²) in [4.78, 5) is 29.0. The van der Waals surface area contributed by atoms with Crippen molar-refractivity contribution in [1.29, 1.82) is 0 Å². The van der Waals surface area contributed by atoms with Crippen molar-refractivity contribution in [2.45, 2.75) is 11.8 Å². The summed E-state index contributed by atoms with van der Waals surface area (Å²) in [6, 6.07) is 18.7. The molecule has 0 amide bonds. The zero-order chi connectivity index (χ0) is 28.2. The number of hydrogen-bond donors (Lipinski definition) is 3. The van der Waals surface area contributed by atoms with Crippen molar-refractivity contribution in [3.63, 3.8) is 0 Å². The van der Waals surface area contributed by atoms with E-state index in [0.717, 1.165) is 5.56 Å². The van der Waals surface area contributed by atoms with Gasteiger partial charge in [0.1, 0.15) is 0 Å². The Balaban J connectivity index is 1.74. The van der Waals surface area contributed by atoms with E-state index in [2.05, 4.69) is 9.87 Å². The molecule has 39 heavy (non-hydrogen) atoms.